The second-order valence-electron chi connectivity index (χ2n) is 8.37. The number of carbonyl (C=O) groups excluding carboxylic acids is 1. The molecule has 154 valence electrons. The molecular formula is C23H26O5S. The molecule has 0 unspecified atom stereocenters. The van der Waals surface area contributed by atoms with Gasteiger partial charge in [-0.15, -0.1) is 0 Å². The summed E-state index contributed by atoms with van der Waals surface area (Å²) in [5, 5.41) is 11.3. The molecule has 5 atom stereocenters. The SMILES string of the molecule is C[C@]1(O)[C@@H](OC(=O)c2ccccc2)C[C@H]2C[C@]1(C)OO[C@]2(C)Sc1ccccc1. The van der Waals surface area contributed by atoms with Gasteiger partial charge in [-0.1, -0.05) is 48.2 Å². The molecule has 4 rings (SSSR count). The first-order valence-electron chi connectivity index (χ1n) is 9.83. The molecule has 2 aromatic carbocycles. The number of hydrogen-bond donors (Lipinski definition) is 1. The van der Waals surface area contributed by atoms with Crippen LogP contribution in [0.4, 0.5) is 0 Å². The van der Waals surface area contributed by atoms with Crippen LogP contribution in [0.15, 0.2) is 65.6 Å². The molecule has 0 aromatic heterocycles. The van der Waals surface area contributed by atoms with E-state index in [1.54, 1.807) is 43.0 Å². The monoisotopic (exact) mass is 414 g/mol. The van der Waals surface area contributed by atoms with Gasteiger partial charge in [-0.05, 0) is 57.9 Å². The highest BCUT2D eigenvalue weighted by Gasteiger charge is 2.64. The zero-order chi connectivity index (χ0) is 20.7. The normalized spacial score (nSPS) is 36.4. The number of benzene rings is 2. The van der Waals surface area contributed by atoms with E-state index in [-0.39, 0.29) is 5.92 Å². The molecule has 0 radical (unpaired) electrons. The summed E-state index contributed by atoms with van der Waals surface area (Å²) in [5.74, 6) is -0.418. The lowest BCUT2D eigenvalue weighted by Crippen LogP contribution is -2.69. The van der Waals surface area contributed by atoms with E-state index in [0.29, 0.717) is 18.4 Å². The summed E-state index contributed by atoms with van der Waals surface area (Å²) in [7, 11) is 0. The summed E-state index contributed by atoms with van der Waals surface area (Å²) in [6.45, 7) is 5.46. The van der Waals surface area contributed by atoms with Crippen molar-refractivity contribution in [3.05, 3.63) is 66.2 Å². The molecule has 1 aliphatic heterocycles. The van der Waals surface area contributed by atoms with Crippen LogP contribution in [-0.4, -0.2) is 33.3 Å². The molecule has 2 aromatic rings. The van der Waals surface area contributed by atoms with Crippen molar-refractivity contribution < 1.29 is 24.4 Å². The Labute approximate surface area is 175 Å². The highest BCUT2D eigenvalue weighted by Crippen LogP contribution is 2.56. The van der Waals surface area contributed by atoms with Gasteiger partial charge in [0.15, 0.2) is 4.93 Å². The number of fused-ring (bicyclic) bond motifs is 2. The molecule has 0 amide bonds. The van der Waals surface area contributed by atoms with Crippen molar-refractivity contribution in [3.63, 3.8) is 0 Å². The minimum Gasteiger partial charge on any atom is -0.456 e. The molecule has 5 nitrogen and oxygen atoms in total. The fourth-order valence-corrected chi connectivity index (χ4v) is 5.28. The number of ether oxygens (including phenoxy) is 1. The van der Waals surface area contributed by atoms with Crippen molar-refractivity contribution in [2.24, 2.45) is 5.92 Å². The molecule has 2 fully saturated rings. The lowest BCUT2D eigenvalue weighted by atomic mass is 9.65. The van der Waals surface area contributed by atoms with Crippen LogP contribution in [0.25, 0.3) is 0 Å². The van der Waals surface area contributed by atoms with Gasteiger partial charge in [-0.2, -0.15) is 0 Å². The van der Waals surface area contributed by atoms with Crippen molar-refractivity contribution in [2.75, 3.05) is 0 Å². The van der Waals surface area contributed by atoms with Gasteiger partial charge in [0.25, 0.3) is 0 Å². The smallest absolute Gasteiger partial charge is 0.338 e. The van der Waals surface area contributed by atoms with E-state index in [0.717, 1.165) is 4.90 Å². The average molecular weight is 415 g/mol. The average Bonchev–Trinajstić information content (AvgIpc) is 2.71. The van der Waals surface area contributed by atoms with E-state index in [2.05, 4.69) is 0 Å². The maximum atomic E-state index is 12.7. The van der Waals surface area contributed by atoms with E-state index < -0.39 is 28.2 Å². The Hall–Kier alpha value is -1.86. The maximum Gasteiger partial charge on any atom is 0.338 e. The summed E-state index contributed by atoms with van der Waals surface area (Å²) in [5.41, 5.74) is -1.90. The van der Waals surface area contributed by atoms with E-state index in [1.807, 2.05) is 50.2 Å². The van der Waals surface area contributed by atoms with Crippen LogP contribution in [0.2, 0.25) is 0 Å². The van der Waals surface area contributed by atoms with Crippen LogP contribution in [0.5, 0.6) is 0 Å². The van der Waals surface area contributed by atoms with Crippen LogP contribution in [-0.2, 0) is 14.5 Å². The summed E-state index contributed by atoms with van der Waals surface area (Å²) < 4.78 is 5.80. The van der Waals surface area contributed by atoms with Crippen LogP contribution in [0.3, 0.4) is 0 Å². The molecule has 2 bridgehead atoms. The molecule has 1 heterocycles. The Balaban J connectivity index is 1.58. The third-order valence-electron chi connectivity index (χ3n) is 6.29. The molecule has 1 aliphatic carbocycles. The maximum absolute atomic E-state index is 12.7. The van der Waals surface area contributed by atoms with Crippen molar-refractivity contribution in [3.8, 4) is 0 Å². The molecule has 6 heteroatoms. The fourth-order valence-electron chi connectivity index (χ4n) is 4.11. The van der Waals surface area contributed by atoms with Gasteiger partial charge in [0.2, 0.25) is 0 Å². The number of rotatable bonds is 4. The second-order valence-corrected chi connectivity index (χ2v) is 9.86. The van der Waals surface area contributed by atoms with Crippen LogP contribution >= 0.6 is 11.8 Å². The van der Waals surface area contributed by atoms with Gasteiger partial charge in [-0.3, -0.25) is 0 Å². The van der Waals surface area contributed by atoms with E-state index in [4.69, 9.17) is 14.5 Å². The standard InChI is InChI=1S/C23H26O5S/c1-21-15-17(23(3,28-27-21)29-18-12-8-5-9-13-18)14-19(22(21,2)25)26-20(24)16-10-6-4-7-11-16/h4-13,17,19,25H,14-15H2,1-3H3/t17-,19-,21-,22-,23+/m0/s1. The van der Waals surface area contributed by atoms with Crippen molar-refractivity contribution in [1.82, 2.24) is 0 Å². The summed E-state index contributed by atoms with van der Waals surface area (Å²) in [6.07, 6.45) is 0.384. The number of carbonyl (C=O) groups is 1. The lowest BCUT2D eigenvalue weighted by molar-refractivity contribution is -0.466. The largest absolute Gasteiger partial charge is 0.456 e. The predicted molar refractivity (Wildman–Crippen MR) is 110 cm³/mol. The van der Waals surface area contributed by atoms with Crippen molar-refractivity contribution in [2.45, 2.75) is 60.7 Å². The van der Waals surface area contributed by atoms with Crippen LogP contribution < -0.4 is 0 Å². The molecule has 1 saturated heterocycles. The zero-order valence-electron chi connectivity index (χ0n) is 16.8. The van der Waals surface area contributed by atoms with Crippen molar-refractivity contribution in [1.29, 1.82) is 0 Å². The van der Waals surface area contributed by atoms with Gasteiger partial charge in [0, 0.05) is 10.8 Å². The Morgan fingerprint density at radius 3 is 2.31 bits per heavy atom. The fraction of sp³-hybridized carbons (Fsp3) is 0.435. The van der Waals surface area contributed by atoms with Crippen LogP contribution in [0.1, 0.15) is 44.0 Å². The molecular weight excluding hydrogens is 388 g/mol. The third kappa shape index (κ3) is 3.70. The summed E-state index contributed by atoms with van der Waals surface area (Å²) >= 11 is 1.58. The molecule has 2 aliphatic rings. The highest BCUT2D eigenvalue weighted by molar-refractivity contribution is 8.00. The highest BCUT2D eigenvalue weighted by atomic mass is 32.2. The van der Waals surface area contributed by atoms with Gasteiger partial charge < -0.3 is 9.84 Å². The van der Waals surface area contributed by atoms with E-state index >= 15 is 0 Å². The predicted octanol–water partition coefficient (Wildman–Crippen LogP) is 4.60. The van der Waals surface area contributed by atoms with E-state index in [1.165, 1.54) is 0 Å². The minimum atomic E-state index is -1.38. The van der Waals surface area contributed by atoms with Gasteiger partial charge in [-0.25, -0.2) is 14.6 Å². The van der Waals surface area contributed by atoms with Gasteiger partial charge in [0.05, 0.1) is 5.56 Å². The van der Waals surface area contributed by atoms with E-state index in [9.17, 15) is 9.90 Å². The first-order chi connectivity index (χ1) is 13.7. The quantitative estimate of drug-likeness (QED) is 0.583. The number of aliphatic hydroxyl groups is 1. The third-order valence-corrected chi connectivity index (χ3v) is 7.60. The Morgan fingerprint density at radius 1 is 1.03 bits per heavy atom. The molecule has 1 N–H and O–H groups in total. The lowest BCUT2D eigenvalue weighted by Gasteiger charge is -2.57. The topological polar surface area (TPSA) is 65.0 Å². The Bertz CT molecular complexity index is 871. The molecule has 29 heavy (non-hydrogen) atoms. The summed E-state index contributed by atoms with van der Waals surface area (Å²) in [4.78, 5) is 24.7. The van der Waals surface area contributed by atoms with Gasteiger partial charge in [0.1, 0.15) is 17.3 Å². The van der Waals surface area contributed by atoms with Gasteiger partial charge >= 0.3 is 5.97 Å². The number of thioether (sulfide) groups is 1. The molecule has 0 spiro atoms. The zero-order valence-corrected chi connectivity index (χ0v) is 17.6. The van der Waals surface area contributed by atoms with Crippen LogP contribution in [0, 0.1) is 5.92 Å². The molecule has 1 saturated carbocycles. The first-order valence-corrected chi connectivity index (χ1v) is 10.6. The van der Waals surface area contributed by atoms with Crippen molar-refractivity contribution >= 4 is 17.7 Å². The first kappa shape index (κ1) is 20.4. The minimum absolute atomic E-state index is 0.0280. The number of hydrogen-bond acceptors (Lipinski definition) is 6. The Kier molecular flexibility index (Phi) is 5.23. The second kappa shape index (κ2) is 7.43. The summed E-state index contributed by atoms with van der Waals surface area (Å²) in [6, 6.07) is 18.8. The Morgan fingerprint density at radius 2 is 1.66 bits per heavy atom. The number of esters is 1.